The number of rotatable bonds is 5. The predicted octanol–water partition coefficient (Wildman–Crippen LogP) is 4.41. The van der Waals surface area contributed by atoms with Crippen molar-refractivity contribution in [1.82, 2.24) is 9.55 Å². The van der Waals surface area contributed by atoms with E-state index in [0.29, 0.717) is 29.0 Å². The highest BCUT2D eigenvalue weighted by Crippen LogP contribution is 2.33. The molecule has 3 heterocycles. The van der Waals surface area contributed by atoms with Crippen LogP contribution in [0.2, 0.25) is 0 Å². The number of thioether (sulfide) groups is 1. The number of aryl methyl sites for hydroxylation is 1. The zero-order valence-electron chi connectivity index (χ0n) is 16.8. The van der Waals surface area contributed by atoms with Crippen molar-refractivity contribution >= 4 is 34.3 Å². The van der Waals surface area contributed by atoms with E-state index in [9.17, 15) is 9.59 Å². The van der Waals surface area contributed by atoms with Gasteiger partial charge in [0.2, 0.25) is 0 Å². The first kappa shape index (κ1) is 19.4. The summed E-state index contributed by atoms with van der Waals surface area (Å²) in [6.45, 7) is 3.21. The summed E-state index contributed by atoms with van der Waals surface area (Å²) in [6.07, 6.45) is 1.99. The van der Waals surface area contributed by atoms with E-state index in [0.717, 1.165) is 28.7 Å². The Hall–Kier alpha value is -3.52. The summed E-state index contributed by atoms with van der Waals surface area (Å²) < 4.78 is 13.1. The maximum absolute atomic E-state index is 13.0. The first-order valence-electron chi connectivity index (χ1n) is 9.94. The normalized spacial score (nSPS) is 12.7. The maximum atomic E-state index is 13.0. The monoisotopic (exact) mass is 433 g/mol. The van der Waals surface area contributed by atoms with E-state index in [1.54, 1.807) is 36.0 Å². The van der Waals surface area contributed by atoms with Gasteiger partial charge in [0.15, 0.2) is 16.5 Å². The molecule has 0 spiro atoms. The highest BCUT2D eigenvalue weighted by Gasteiger charge is 2.20. The molecule has 0 atom stereocenters. The first-order valence-corrected chi connectivity index (χ1v) is 10.9. The lowest BCUT2D eigenvalue weighted by Gasteiger charge is -2.10. The molecule has 0 unspecified atom stereocenters. The van der Waals surface area contributed by atoms with Gasteiger partial charge in [-0.2, -0.15) is 0 Å². The Balaban J connectivity index is 1.49. The van der Waals surface area contributed by atoms with Gasteiger partial charge in [0.05, 0.1) is 18.0 Å². The fraction of sp³-hybridized carbons (Fsp3) is 0.174. The lowest BCUT2D eigenvalue weighted by Crippen LogP contribution is -2.21. The Morgan fingerprint density at radius 1 is 1.26 bits per heavy atom. The molecule has 2 aromatic carbocycles. The SMILES string of the molecule is CCOc1cccc2cc(C(=O)Nc3ccccc3-c3cn4c(n3)SCC4)c(=O)oc12. The lowest BCUT2D eigenvalue weighted by atomic mass is 10.1. The second kappa shape index (κ2) is 7.96. The second-order valence-electron chi connectivity index (χ2n) is 7.01. The van der Waals surface area contributed by atoms with Gasteiger partial charge in [-0.05, 0) is 25.1 Å². The van der Waals surface area contributed by atoms with Crippen molar-refractivity contribution in [2.24, 2.45) is 0 Å². The van der Waals surface area contributed by atoms with Crippen molar-refractivity contribution < 1.29 is 13.9 Å². The van der Waals surface area contributed by atoms with Crippen LogP contribution in [0.1, 0.15) is 17.3 Å². The minimum atomic E-state index is -0.716. The number of fused-ring (bicyclic) bond motifs is 2. The number of hydrogen-bond acceptors (Lipinski definition) is 6. The van der Waals surface area contributed by atoms with Gasteiger partial charge in [0.1, 0.15) is 5.56 Å². The molecule has 0 aliphatic carbocycles. The largest absolute Gasteiger partial charge is 0.490 e. The average Bonchev–Trinajstić information content (AvgIpc) is 3.37. The molecule has 4 aromatic rings. The van der Waals surface area contributed by atoms with Gasteiger partial charge in [0.25, 0.3) is 5.91 Å². The molecule has 0 saturated heterocycles. The molecule has 8 heteroatoms. The molecule has 0 fully saturated rings. The van der Waals surface area contributed by atoms with Crippen molar-refractivity contribution in [2.45, 2.75) is 18.6 Å². The van der Waals surface area contributed by atoms with E-state index in [-0.39, 0.29) is 5.56 Å². The molecule has 1 aliphatic rings. The molecule has 1 N–H and O–H groups in total. The number of para-hydroxylation sites is 2. The third kappa shape index (κ3) is 3.59. The summed E-state index contributed by atoms with van der Waals surface area (Å²) in [7, 11) is 0. The van der Waals surface area contributed by atoms with Crippen LogP contribution in [0.3, 0.4) is 0 Å². The standard InChI is InChI=1S/C23H19N3O4S/c1-2-29-19-9-5-6-14-12-16(22(28)30-20(14)19)21(27)24-17-8-4-3-7-15(17)18-13-26-10-11-31-23(26)25-18/h3-9,12-13H,2,10-11H2,1H3,(H,24,27). The third-order valence-electron chi connectivity index (χ3n) is 5.02. The molecule has 0 saturated carbocycles. The lowest BCUT2D eigenvalue weighted by molar-refractivity contribution is 0.102. The fourth-order valence-corrected chi connectivity index (χ4v) is 4.53. The molecule has 7 nitrogen and oxygen atoms in total. The Morgan fingerprint density at radius 2 is 2.13 bits per heavy atom. The number of imidazole rings is 1. The summed E-state index contributed by atoms with van der Waals surface area (Å²) >= 11 is 1.71. The van der Waals surface area contributed by atoms with Crippen LogP contribution in [-0.4, -0.2) is 27.8 Å². The van der Waals surface area contributed by atoms with Gasteiger partial charge in [-0.25, -0.2) is 9.78 Å². The summed E-state index contributed by atoms with van der Waals surface area (Å²) in [5.41, 5.74) is 1.70. The molecule has 0 radical (unpaired) electrons. The molecule has 1 aliphatic heterocycles. The van der Waals surface area contributed by atoms with E-state index in [2.05, 4.69) is 14.9 Å². The van der Waals surface area contributed by atoms with Crippen molar-refractivity contribution in [3.63, 3.8) is 0 Å². The number of benzene rings is 2. The number of nitrogens with zero attached hydrogens (tertiary/aromatic N) is 2. The van der Waals surface area contributed by atoms with Crippen LogP contribution in [0.15, 0.2) is 69.1 Å². The van der Waals surface area contributed by atoms with E-state index in [4.69, 9.17) is 9.15 Å². The smallest absolute Gasteiger partial charge is 0.349 e. The van der Waals surface area contributed by atoms with Gasteiger partial charge in [-0.15, -0.1) is 0 Å². The number of amides is 1. The second-order valence-corrected chi connectivity index (χ2v) is 8.07. The number of nitrogens with one attached hydrogen (secondary N) is 1. The third-order valence-corrected chi connectivity index (χ3v) is 5.99. The molecular weight excluding hydrogens is 414 g/mol. The van der Waals surface area contributed by atoms with Gasteiger partial charge in [0, 0.05) is 29.4 Å². The van der Waals surface area contributed by atoms with Crippen molar-refractivity contribution in [3.05, 3.63) is 70.7 Å². The quantitative estimate of drug-likeness (QED) is 0.469. The van der Waals surface area contributed by atoms with Crippen LogP contribution in [0, 0.1) is 0 Å². The molecule has 0 bridgehead atoms. The molecule has 1 amide bonds. The highest BCUT2D eigenvalue weighted by molar-refractivity contribution is 7.99. The molecular formula is C23H19N3O4S. The Kier molecular flexibility index (Phi) is 4.99. The van der Waals surface area contributed by atoms with Gasteiger partial charge < -0.3 is 19.0 Å². The number of anilines is 1. The molecule has 5 rings (SSSR count). The number of aromatic nitrogens is 2. The summed E-state index contributed by atoms with van der Waals surface area (Å²) in [5, 5.41) is 4.44. The van der Waals surface area contributed by atoms with Gasteiger partial charge in [-0.3, -0.25) is 4.79 Å². The van der Waals surface area contributed by atoms with E-state index in [1.807, 2.05) is 31.3 Å². The summed E-state index contributed by atoms with van der Waals surface area (Å²) in [5.74, 6) is 0.954. The van der Waals surface area contributed by atoms with Gasteiger partial charge in [-0.1, -0.05) is 42.1 Å². The van der Waals surface area contributed by atoms with Crippen molar-refractivity contribution in [3.8, 4) is 17.0 Å². The van der Waals surface area contributed by atoms with Crippen LogP contribution in [0.5, 0.6) is 5.75 Å². The van der Waals surface area contributed by atoms with Crippen LogP contribution < -0.4 is 15.7 Å². The number of ether oxygens (including phenoxy) is 1. The van der Waals surface area contributed by atoms with Crippen molar-refractivity contribution in [2.75, 3.05) is 17.7 Å². The van der Waals surface area contributed by atoms with E-state index in [1.165, 1.54) is 6.07 Å². The van der Waals surface area contributed by atoms with Crippen LogP contribution in [0.25, 0.3) is 22.2 Å². The summed E-state index contributed by atoms with van der Waals surface area (Å²) in [6, 6.07) is 14.2. The molecule has 31 heavy (non-hydrogen) atoms. The van der Waals surface area contributed by atoms with Crippen LogP contribution in [-0.2, 0) is 6.54 Å². The first-order chi connectivity index (χ1) is 15.1. The molecule has 2 aromatic heterocycles. The minimum absolute atomic E-state index is 0.0705. The Bertz CT molecular complexity index is 1340. The Morgan fingerprint density at radius 3 is 2.97 bits per heavy atom. The number of carbonyl (C=O) groups is 1. The van der Waals surface area contributed by atoms with Crippen molar-refractivity contribution in [1.29, 1.82) is 0 Å². The highest BCUT2D eigenvalue weighted by atomic mass is 32.2. The maximum Gasteiger partial charge on any atom is 0.349 e. The predicted molar refractivity (Wildman–Crippen MR) is 120 cm³/mol. The average molecular weight is 433 g/mol. The summed E-state index contributed by atoms with van der Waals surface area (Å²) in [4.78, 5) is 30.2. The van der Waals surface area contributed by atoms with Crippen LogP contribution >= 0.6 is 11.8 Å². The fourth-order valence-electron chi connectivity index (χ4n) is 3.59. The molecule has 156 valence electrons. The Labute approximate surface area is 182 Å². The zero-order valence-corrected chi connectivity index (χ0v) is 17.6. The van der Waals surface area contributed by atoms with Crippen LogP contribution in [0.4, 0.5) is 5.69 Å². The topological polar surface area (TPSA) is 86.4 Å². The van der Waals surface area contributed by atoms with E-state index >= 15 is 0 Å². The number of hydrogen-bond donors (Lipinski definition) is 1. The zero-order chi connectivity index (χ0) is 21.4. The minimum Gasteiger partial charge on any atom is -0.490 e. The van der Waals surface area contributed by atoms with Gasteiger partial charge >= 0.3 is 5.63 Å². The number of carbonyl (C=O) groups excluding carboxylic acids is 1. The van der Waals surface area contributed by atoms with E-state index < -0.39 is 11.5 Å².